The molecule has 0 saturated carbocycles. The quantitative estimate of drug-likeness (QED) is 0.252. The van der Waals surface area contributed by atoms with Crippen molar-refractivity contribution in [2.75, 3.05) is 26.2 Å². The van der Waals surface area contributed by atoms with Gasteiger partial charge in [-0.3, -0.25) is 0 Å². The molecule has 0 bridgehead atoms. The highest BCUT2D eigenvalue weighted by atomic mass is 16.4. The maximum atomic E-state index is 8.46. The fourth-order valence-electron chi connectivity index (χ4n) is 2.50. The van der Waals surface area contributed by atoms with E-state index in [-0.39, 0.29) is 0 Å². The average Bonchev–Trinajstić information content (AvgIpc) is 2.46. The summed E-state index contributed by atoms with van der Waals surface area (Å²) in [6.45, 7) is 12.7. The van der Waals surface area contributed by atoms with Crippen LogP contribution >= 0.6 is 0 Å². The Balaban J connectivity index is 2.48. The summed E-state index contributed by atoms with van der Waals surface area (Å²) >= 11 is 0. The second-order valence-electron chi connectivity index (χ2n) is 4.98. The molecule has 4 nitrogen and oxygen atoms in total. The molecule has 1 aromatic heterocycles. The molecule has 1 rings (SSSR count). The van der Waals surface area contributed by atoms with E-state index >= 15 is 0 Å². The molecule has 0 aliphatic rings. The third kappa shape index (κ3) is 4.63. The van der Waals surface area contributed by atoms with Gasteiger partial charge in [0.25, 0.3) is 0 Å². The van der Waals surface area contributed by atoms with Crippen LogP contribution in [0.4, 0.5) is 0 Å². The van der Waals surface area contributed by atoms with E-state index in [1.165, 1.54) is 43.3 Å². The molecule has 19 heavy (non-hydrogen) atoms. The molecule has 1 N–H and O–H groups in total. The average molecular weight is 265 g/mol. The highest BCUT2D eigenvalue weighted by molar-refractivity contribution is 5.78. The molecule has 0 unspecified atom stereocenters. The van der Waals surface area contributed by atoms with Gasteiger partial charge in [-0.2, -0.15) is 0 Å². The number of rotatable bonds is 8. The molecule has 1 heterocycles. The fourth-order valence-corrected chi connectivity index (χ4v) is 2.50. The lowest BCUT2D eigenvalue weighted by molar-refractivity contribution is -0.925. The van der Waals surface area contributed by atoms with Crippen molar-refractivity contribution in [3.63, 3.8) is 0 Å². The highest BCUT2D eigenvalue weighted by Gasteiger charge is 2.20. The van der Waals surface area contributed by atoms with Crippen LogP contribution in [0.15, 0.2) is 29.7 Å². The largest absolute Gasteiger partial charge is 0.411 e. The smallest absolute Gasteiger partial charge is 0.169 e. The molecule has 1 aromatic rings. The van der Waals surface area contributed by atoms with Gasteiger partial charge >= 0.3 is 0 Å². The Morgan fingerprint density at radius 2 is 1.74 bits per heavy atom. The first kappa shape index (κ1) is 15.6. The summed E-state index contributed by atoms with van der Waals surface area (Å²) in [6.07, 6.45) is 6.70. The Kier molecular flexibility index (Phi) is 6.50. The van der Waals surface area contributed by atoms with E-state index in [2.05, 4.69) is 30.5 Å². The van der Waals surface area contributed by atoms with Crippen molar-refractivity contribution in [2.45, 2.75) is 33.7 Å². The van der Waals surface area contributed by atoms with E-state index in [9.17, 15) is 0 Å². The van der Waals surface area contributed by atoms with Crippen LogP contribution in [0, 0.1) is 0 Å². The molecule has 0 aliphatic carbocycles. The molecule has 0 atom stereocenters. The van der Waals surface area contributed by atoms with E-state index in [0.717, 1.165) is 12.1 Å². The molecule has 0 fully saturated rings. The molecular formula is C15H27N3O+2. The first-order valence-electron chi connectivity index (χ1n) is 7.21. The van der Waals surface area contributed by atoms with E-state index in [4.69, 9.17) is 5.21 Å². The van der Waals surface area contributed by atoms with Crippen molar-refractivity contribution in [2.24, 2.45) is 5.16 Å². The Hall–Kier alpha value is -1.42. The van der Waals surface area contributed by atoms with Gasteiger partial charge in [0, 0.05) is 17.7 Å². The molecular weight excluding hydrogens is 238 g/mol. The third-order valence-corrected chi connectivity index (χ3v) is 4.18. The van der Waals surface area contributed by atoms with Crippen LogP contribution in [0.3, 0.4) is 0 Å². The Labute approximate surface area is 116 Å². The predicted octanol–water partition coefficient (Wildman–Crippen LogP) is 2.05. The molecule has 0 radical (unpaired) electrons. The normalized spacial score (nSPS) is 12.2. The summed E-state index contributed by atoms with van der Waals surface area (Å²) in [6, 6.07) is 3.92. The van der Waals surface area contributed by atoms with Gasteiger partial charge in [-0.15, -0.1) is 0 Å². The molecule has 0 saturated heterocycles. The SMILES string of the molecule is CC[N+](CC)(CC)CCC[n+]1ccc(/C=N\O)cc1. The summed E-state index contributed by atoms with van der Waals surface area (Å²) < 4.78 is 3.39. The Bertz CT molecular complexity index is 375. The first-order valence-corrected chi connectivity index (χ1v) is 7.21. The van der Waals surface area contributed by atoms with Gasteiger partial charge in [0.1, 0.15) is 0 Å². The molecule has 4 heteroatoms. The van der Waals surface area contributed by atoms with Gasteiger partial charge in [0.05, 0.1) is 38.8 Å². The van der Waals surface area contributed by atoms with Crippen molar-refractivity contribution in [1.82, 2.24) is 0 Å². The topological polar surface area (TPSA) is 36.5 Å². The van der Waals surface area contributed by atoms with Crippen molar-refractivity contribution < 1.29 is 14.3 Å². The summed E-state index contributed by atoms with van der Waals surface area (Å²) in [5, 5.41) is 11.5. The number of pyridine rings is 1. The summed E-state index contributed by atoms with van der Waals surface area (Å²) in [7, 11) is 0. The van der Waals surface area contributed by atoms with Crippen LogP contribution in [-0.2, 0) is 6.54 Å². The monoisotopic (exact) mass is 265 g/mol. The lowest BCUT2D eigenvalue weighted by Gasteiger charge is -2.35. The van der Waals surface area contributed by atoms with E-state index < -0.39 is 0 Å². The van der Waals surface area contributed by atoms with Crippen LogP contribution in [0.25, 0.3) is 0 Å². The number of quaternary nitrogens is 1. The van der Waals surface area contributed by atoms with Crippen molar-refractivity contribution in [3.05, 3.63) is 30.1 Å². The van der Waals surface area contributed by atoms with Gasteiger partial charge in [-0.25, -0.2) is 4.57 Å². The van der Waals surface area contributed by atoms with Crippen LogP contribution < -0.4 is 4.57 Å². The van der Waals surface area contributed by atoms with Crippen LogP contribution in [0.1, 0.15) is 32.8 Å². The second kappa shape index (κ2) is 7.89. The molecule has 106 valence electrons. The molecule has 0 aliphatic heterocycles. The minimum Gasteiger partial charge on any atom is -0.411 e. The standard InChI is InChI=1S/C15H26N3O/c1-4-18(5-2,6-3)13-7-10-17-11-8-15(9-12-17)14-16-19/h8-9,11-12,14H,4-7,10,13H2,1-3H3/q+1/p+1. The molecule has 0 amide bonds. The van der Waals surface area contributed by atoms with Crippen LogP contribution in [0.2, 0.25) is 0 Å². The van der Waals surface area contributed by atoms with Crippen molar-refractivity contribution in [3.8, 4) is 0 Å². The minimum absolute atomic E-state index is 0.916. The number of oxime groups is 1. The molecule has 0 spiro atoms. The van der Waals surface area contributed by atoms with Crippen LogP contribution in [0.5, 0.6) is 0 Å². The van der Waals surface area contributed by atoms with E-state index in [1.54, 1.807) is 0 Å². The third-order valence-electron chi connectivity index (χ3n) is 4.18. The zero-order valence-corrected chi connectivity index (χ0v) is 12.4. The Morgan fingerprint density at radius 1 is 1.16 bits per heavy atom. The van der Waals surface area contributed by atoms with Crippen LogP contribution in [-0.4, -0.2) is 42.1 Å². The minimum atomic E-state index is 0.916. The summed E-state index contributed by atoms with van der Waals surface area (Å²) in [4.78, 5) is 0. The van der Waals surface area contributed by atoms with Gasteiger partial charge in [-0.1, -0.05) is 5.16 Å². The number of hydrogen-bond donors (Lipinski definition) is 1. The van der Waals surface area contributed by atoms with Gasteiger partial charge in [-0.05, 0) is 20.8 Å². The zero-order chi connectivity index (χ0) is 14.1. The van der Waals surface area contributed by atoms with E-state index in [1.807, 2.05) is 24.5 Å². The van der Waals surface area contributed by atoms with Gasteiger partial charge < -0.3 is 9.69 Å². The zero-order valence-electron chi connectivity index (χ0n) is 12.4. The number of aryl methyl sites for hydroxylation is 1. The van der Waals surface area contributed by atoms with Crippen molar-refractivity contribution >= 4 is 6.21 Å². The Morgan fingerprint density at radius 3 is 2.21 bits per heavy atom. The highest BCUT2D eigenvalue weighted by Crippen LogP contribution is 2.07. The second-order valence-corrected chi connectivity index (χ2v) is 4.98. The first-order chi connectivity index (χ1) is 9.19. The van der Waals surface area contributed by atoms with Crippen molar-refractivity contribution in [1.29, 1.82) is 0 Å². The lowest BCUT2D eigenvalue weighted by atomic mass is 10.2. The number of aromatic nitrogens is 1. The fraction of sp³-hybridized carbons (Fsp3) is 0.600. The number of hydrogen-bond acceptors (Lipinski definition) is 2. The summed E-state index contributed by atoms with van der Waals surface area (Å²) in [5.74, 6) is 0. The lowest BCUT2D eigenvalue weighted by Crippen LogP contribution is -2.49. The van der Waals surface area contributed by atoms with Gasteiger partial charge in [0.2, 0.25) is 0 Å². The van der Waals surface area contributed by atoms with Gasteiger partial charge in [0.15, 0.2) is 18.9 Å². The maximum Gasteiger partial charge on any atom is 0.169 e. The molecule has 0 aromatic carbocycles. The maximum absolute atomic E-state index is 8.46. The summed E-state index contributed by atoms with van der Waals surface area (Å²) in [5.41, 5.74) is 0.916. The number of nitrogens with zero attached hydrogens (tertiary/aromatic N) is 3. The van der Waals surface area contributed by atoms with E-state index in [0.29, 0.717) is 0 Å². The predicted molar refractivity (Wildman–Crippen MR) is 77.4 cm³/mol.